The average Bonchev–Trinajstić information content (AvgIpc) is 2.78. The Morgan fingerprint density at radius 1 is 1.06 bits per heavy atom. The quantitative estimate of drug-likeness (QED) is 0.282. The van der Waals surface area contributed by atoms with E-state index in [1.807, 2.05) is 6.92 Å². The molecule has 182 valence electrons. The zero-order valence-corrected chi connectivity index (χ0v) is 21.2. The van der Waals surface area contributed by atoms with Gasteiger partial charge in [-0.3, -0.25) is 4.98 Å². The Morgan fingerprint density at radius 3 is 2.31 bits per heavy atom. The molecule has 1 atom stereocenters. The predicted molar refractivity (Wildman–Crippen MR) is 135 cm³/mol. The summed E-state index contributed by atoms with van der Waals surface area (Å²) in [6, 6.07) is 7.27. The molecule has 3 aromatic heterocycles. The van der Waals surface area contributed by atoms with Crippen molar-refractivity contribution in [2.75, 3.05) is 18.6 Å². The number of nitrogens with one attached hydrogen (secondary N) is 1. The zero-order valence-electron chi connectivity index (χ0n) is 19.5. The molecule has 0 fully saturated rings. The minimum Gasteiger partial charge on any atom is -0.375 e. The van der Waals surface area contributed by atoms with Gasteiger partial charge >= 0.3 is 0 Å². The van der Waals surface area contributed by atoms with E-state index in [0.717, 1.165) is 6.07 Å². The molecule has 0 aliphatic carbocycles. The van der Waals surface area contributed by atoms with Crippen LogP contribution < -0.4 is 10.8 Å². The zero-order chi connectivity index (χ0) is 25.5. The van der Waals surface area contributed by atoms with E-state index in [9.17, 15) is 13.3 Å². The van der Waals surface area contributed by atoms with E-state index in [2.05, 4.69) is 20.3 Å². The maximum Gasteiger partial charge on any atom is 0.151 e. The SMILES string of the molecule is CCC(Nc1c(Cl)c(C)nc2cc(F)c(-c3ccc(P(C)(C)=O)nc3)nc12)c1cc(F)cc(F)c1. The number of hydrogen-bond donors (Lipinski definition) is 1. The van der Waals surface area contributed by atoms with Gasteiger partial charge in [-0.1, -0.05) is 18.5 Å². The molecule has 0 radical (unpaired) electrons. The summed E-state index contributed by atoms with van der Waals surface area (Å²) >= 11 is 6.58. The second-order valence-corrected chi connectivity index (χ2v) is 12.2. The van der Waals surface area contributed by atoms with Crippen LogP contribution in [0.4, 0.5) is 18.9 Å². The molecule has 1 N–H and O–H groups in total. The van der Waals surface area contributed by atoms with Gasteiger partial charge in [-0.05, 0) is 56.5 Å². The first kappa shape index (κ1) is 25.1. The third-order valence-corrected chi connectivity index (χ3v) is 7.44. The topological polar surface area (TPSA) is 67.8 Å². The van der Waals surface area contributed by atoms with Crippen LogP contribution >= 0.6 is 18.7 Å². The van der Waals surface area contributed by atoms with E-state index < -0.39 is 30.6 Å². The van der Waals surface area contributed by atoms with Crippen molar-refractivity contribution in [3.05, 3.63) is 76.3 Å². The third-order valence-electron chi connectivity index (χ3n) is 5.61. The van der Waals surface area contributed by atoms with E-state index >= 15 is 4.39 Å². The van der Waals surface area contributed by atoms with Crippen LogP contribution in [0.15, 0.2) is 42.6 Å². The molecule has 0 spiro atoms. The van der Waals surface area contributed by atoms with Gasteiger partial charge in [-0.15, -0.1) is 0 Å². The van der Waals surface area contributed by atoms with Crippen LogP contribution in [0.25, 0.3) is 22.3 Å². The van der Waals surface area contributed by atoms with Gasteiger partial charge in [0, 0.05) is 23.9 Å². The number of hydrogen-bond acceptors (Lipinski definition) is 5. The minimum atomic E-state index is -2.57. The molecule has 4 rings (SSSR count). The van der Waals surface area contributed by atoms with Crippen LogP contribution in [0.3, 0.4) is 0 Å². The Morgan fingerprint density at radius 2 is 1.74 bits per heavy atom. The molecule has 5 nitrogen and oxygen atoms in total. The lowest BCUT2D eigenvalue weighted by atomic mass is 10.0. The van der Waals surface area contributed by atoms with Crippen molar-refractivity contribution in [2.45, 2.75) is 26.3 Å². The number of benzene rings is 1. The first-order valence-electron chi connectivity index (χ1n) is 10.9. The Balaban J connectivity index is 1.85. The molecular formula is C25H23ClF3N4OP. The Labute approximate surface area is 206 Å². The molecule has 0 aliphatic heterocycles. The third kappa shape index (κ3) is 5.19. The normalized spacial score (nSPS) is 12.7. The lowest BCUT2D eigenvalue weighted by Crippen LogP contribution is -2.12. The van der Waals surface area contributed by atoms with E-state index in [1.165, 1.54) is 24.4 Å². The molecule has 35 heavy (non-hydrogen) atoms. The Hall–Kier alpha value is -2.96. The van der Waals surface area contributed by atoms with Crippen molar-refractivity contribution in [2.24, 2.45) is 0 Å². The van der Waals surface area contributed by atoms with Crippen molar-refractivity contribution >= 4 is 40.9 Å². The first-order chi connectivity index (χ1) is 16.5. The highest BCUT2D eigenvalue weighted by Crippen LogP contribution is 2.37. The summed E-state index contributed by atoms with van der Waals surface area (Å²) in [5, 5.41) is 3.50. The second kappa shape index (κ2) is 9.59. The summed E-state index contributed by atoms with van der Waals surface area (Å²) in [5.41, 5.74) is 2.64. The molecule has 3 heterocycles. The lowest BCUT2D eigenvalue weighted by molar-refractivity contribution is 0.574. The summed E-state index contributed by atoms with van der Waals surface area (Å²) < 4.78 is 55.1. The summed E-state index contributed by atoms with van der Waals surface area (Å²) in [4.78, 5) is 13.1. The van der Waals surface area contributed by atoms with Crippen LogP contribution in [0.1, 0.15) is 30.6 Å². The number of pyridine rings is 3. The van der Waals surface area contributed by atoms with Crippen molar-refractivity contribution in [1.29, 1.82) is 0 Å². The fraction of sp³-hybridized carbons (Fsp3) is 0.240. The van der Waals surface area contributed by atoms with Gasteiger partial charge in [-0.25, -0.2) is 23.1 Å². The van der Waals surface area contributed by atoms with E-state index in [1.54, 1.807) is 32.4 Å². The molecular weight excluding hydrogens is 496 g/mol. The highest BCUT2D eigenvalue weighted by Gasteiger charge is 2.21. The maximum atomic E-state index is 15.1. The van der Waals surface area contributed by atoms with Crippen LogP contribution in [-0.2, 0) is 4.57 Å². The van der Waals surface area contributed by atoms with E-state index in [0.29, 0.717) is 39.9 Å². The minimum absolute atomic E-state index is 0.0215. The Kier molecular flexibility index (Phi) is 6.89. The van der Waals surface area contributed by atoms with Gasteiger partial charge in [0.25, 0.3) is 0 Å². The second-order valence-electron chi connectivity index (χ2n) is 8.64. The van der Waals surface area contributed by atoms with Crippen LogP contribution in [0.2, 0.25) is 5.02 Å². The molecule has 4 aromatic rings. The summed E-state index contributed by atoms with van der Waals surface area (Å²) in [6.07, 6.45) is 1.91. The van der Waals surface area contributed by atoms with Gasteiger partial charge < -0.3 is 9.88 Å². The molecule has 0 saturated heterocycles. The van der Waals surface area contributed by atoms with Crippen molar-refractivity contribution < 1.29 is 17.7 Å². The molecule has 10 heteroatoms. The number of aryl methyl sites for hydroxylation is 1. The van der Waals surface area contributed by atoms with Crippen LogP contribution in [-0.4, -0.2) is 28.3 Å². The largest absolute Gasteiger partial charge is 0.375 e. The van der Waals surface area contributed by atoms with E-state index in [4.69, 9.17) is 11.6 Å². The number of anilines is 1. The van der Waals surface area contributed by atoms with Crippen LogP contribution in [0.5, 0.6) is 0 Å². The molecule has 0 amide bonds. The summed E-state index contributed by atoms with van der Waals surface area (Å²) in [5.74, 6) is -1.99. The highest BCUT2D eigenvalue weighted by molar-refractivity contribution is 7.69. The monoisotopic (exact) mass is 518 g/mol. The first-order valence-corrected chi connectivity index (χ1v) is 13.9. The van der Waals surface area contributed by atoms with Crippen LogP contribution in [0, 0.1) is 24.4 Å². The predicted octanol–water partition coefficient (Wildman–Crippen LogP) is 6.88. The highest BCUT2D eigenvalue weighted by atomic mass is 35.5. The Bertz CT molecular complexity index is 1450. The van der Waals surface area contributed by atoms with Crippen molar-refractivity contribution in [1.82, 2.24) is 15.0 Å². The number of rotatable bonds is 6. The average molecular weight is 519 g/mol. The van der Waals surface area contributed by atoms with Crippen molar-refractivity contribution in [3.63, 3.8) is 0 Å². The lowest BCUT2D eigenvalue weighted by Gasteiger charge is -2.22. The molecule has 1 unspecified atom stereocenters. The van der Waals surface area contributed by atoms with Gasteiger partial charge in [0.1, 0.15) is 30.0 Å². The van der Waals surface area contributed by atoms with Crippen molar-refractivity contribution in [3.8, 4) is 11.3 Å². The molecule has 0 bridgehead atoms. The number of aromatic nitrogens is 3. The van der Waals surface area contributed by atoms with Gasteiger partial charge in [-0.2, -0.15) is 0 Å². The van der Waals surface area contributed by atoms with Gasteiger partial charge in [0.2, 0.25) is 0 Å². The van der Waals surface area contributed by atoms with Gasteiger partial charge in [0.15, 0.2) is 5.82 Å². The standard InChI is InChI=1S/C25H23ClF3N4OP/c1-5-19(15-8-16(27)10-17(28)9-15)32-25-22(26)13(2)31-20-11-18(29)23(33-24(20)25)14-6-7-21(30-12-14)35(3,4)34/h6-12,19H,5H2,1-4H3,(H,31,32). The molecule has 1 aromatic carbocycles. The van der Waals surface area contributed by atoms with Gasteiger partial charge in [0.05, 0.1) is 33.4 Å². The number of halogens is 4. The van der Waals surface area contributed by atoms with E-state index in [-0.39, 0.29) is 16.2 Å². The smallest absolute Gasteiger partial charge is 0.151 e. The molecule has 0 saturated carbocycles. The summed E-state index contributed by atoms with van der Waals surface area (Å²) in [6.45, 7) is 6.74. The summed E-state index contributed by atoms with van der Waals surface area (Å²) in [7, 11) is -2.57. The fourth-order valence-corrected chi connectivity index (χ4v) is 4.77. The number of fused-ring (bicyclic) bond motifs is 1. The molecule has 0 aliphatic rings. The maximum absolute atomic E-state index is 15.1. The fourth-order valence-electron chi connectivity index (χ4n) is 3.81. The number of nitrogens with zero attached hydrogens (tertiary/aromatic N) is 3.